The summed E-state index contributed by atoms with van der Waals surface area (Å²) in [5.41, 5.74) is 0.687. The predicted molar refractivity (Wildman–Crippen MR) is 72.4 cm³/mol. The fraction of sp³-hybridized carbons (Fsp3) is 0.500. The summed E-state index contributed by atoms with van der Waals surface area (Å²) in [6.07, 6.45) is 0.965. The van der Waals surface area contributed by atoms with E-state index < -0.39 is 25.4 Å². The summed E-state index contributed by atoms with van der Waals surface area (Å²) >= 11 is -2.54. The van der Waals surface area contributed by atoms with E-state index in [1.54, 1.807) is 13.8 Å². The minimum atomic E-state index is -2.93. The Hall–Kier alpha value is -0.541. The molecule has 1 aliphatic heterocycles. The summed E-state index contributed by atoms with van der Waals surface area (Å²) < 4.78 is 11.8. The van der Waals surface area contributed by atoms with Gasteiger partial charge >= 0.3 is 117 Å². The van der Waals surface area contributed by atoms with Crippen LogP contribution in [0.3, 0.4) is 0 Å². The topological polar surface area (TPSA) is 52.6 Å². The van der Waals surface area contributed by atoms with E-state index in [9.17, 15) is 9.59 Å². The monoisotopic (exact) mass is 386 g/mol. The van der Waals surface area contributed by atoms with Gasteiger partial charge in [-0.05, 0) is 0 Å². The second kappa shape index (κ2) is 6.57. The van der Waals surface area contributed by atoms with Gasteiger partial charge < -0.3 is 0 Å². The Labute approximate surface area is 117 Å². The van der Waals surface area contributed by atoms with E-state index in [4.69, 9.17) is 7.64 Å². The van der Waals surface area contributed by atoms with Crippen molar-refractivity contribution < 1.29 is 17.2 Å². The van der Waals surface area contributed by atoms with Gasteiger partial charge in [0, 0.05) is 0 Å². The van der Waals surface area contributed by atoms with Crippen molar-refractivity contribution in [2.45, 2.75) is 35.1 Å². The second-order valence-corrected chi connectivity index (χ2v) is 13.6. The van der Waals surface area contributed by atoms with Crippen LogP contribution in [0.5, 0.6) is 0 Å². The zero-order chi connectivity index (χ0) is 13.8. The first-order chi connectivity index (χ1) is 8.36. The Balaban J connectivity index is 2.81. The van der Waals surface area contributed by atoms with Crippen molar-refractivity contribution in [1.29, 1.82) is 0 Å². The van der Waals surface area contributed by atoms with Gasteiger partial charge in [-0.15, -0.1) is 0 Å². The van der Waals surface area contributed by atoms with Gasteiger partial charge in [0.15, 0.2) is 0 Å². The molecule has 0 atom stereocenters. The Kier molecular flexibility index (Phi) is 5.67. The van der Waals surface area contributed by atoms with Crippen molar-refractivity contribution in [2.24, 2.45) is 0 Å². The fourth-order valence-electron chi connectivity index (χ4n) is 1.19. The van der Waals surface area contributed by atoms with E-state index in [1.807, 2.05) is 0 Å². The summed E-state index contributed by atoms with van der Waals surface area (Å²) in [6.45, 7) is 10.3. The van der Waals surface area contributed by atoms with Crippen LogP contribution in [0.2, 0.25) is 14.9 Å². The van der Waals surface area contributed by atoms with Crippen LogP contribution in [0.1, 0.15) is 20.3 Å². The van der Waals surface area contributed by atoms with E-state index in [-0.39, 0.29) is 0 Å². The fourth-order valence-corrected chi connectivity index (χ4v) is 13.9. The van der Waals surface area contributed by atoms with Crippen LogP contribution >= 0.6 is 0 Å². The van der Waals surface area contributed by atoms with Gasteiger partial charge in [0.25, 0.3) is 0 Å². The van der Waals surface area contributed by atoms with E-state index in [0.29, 0.717) is 31.4 Å². The molecule has 0 saturated carbocycles. The molecule has 1 aliphatic rings. The average Bonchev–Trinajstić information content (AvgIpc) is 2.29. The van der Waals surface area contributed by atoms with Crippen molar-refractivity contribution in [1.82, 2.24) is 0 Å². The van der Waals surface area contributed by atoms with E-state index in [2.05, 4.69) is 13.2 Å². The average molecular weight is 384 g/mol. The first-order valence-electron chi connectivity index (χ1n) is 5.51. The third-order valence-electron chi connectivity index (χ3n) is 2.16. The van der Waals surface area contributed by atoms with Crippen LogP contribution in [0.25, 0.3) is 0 Å². The minimum absolute atomic E-state index is 0.344. The number of carbonyl (C=O) groups is 2. The van der Waals surface area contributed by atoms with Gasteiger partial charge in [-0.1, -0.05) is 0 Å². The first kappa shape index (κ1) is 15.5. The molecule has 0 N–H and O–H groups in total. The molecule has 1 heterocycles. The Morgan fingerprint density at radius 2 is 1.61 bits per heavy atom. The van der Waals surface area contributed by atoms with Crippen molar-refractivity contribution in [2.75, 3.05) is 0 Å². The van der Waals surface area contributed by atoms with Gasteiger partial charge in [0.2, 0.25) is 0 Å². The molecule has 0 amide bonds. The van der Waals surface area contributed by atoms with Gasteiger partial charge in [-0.2, -0.15) is 0 Å². The Morgan fingerprint density at radius 1 is 1.11 bits per heavy atom. The molecule has 0 radical (unpaired) electrons. The van der Waals surface area contributed by atoms with Crippen LogP contribution in [0.15, 0.2) is 24.3 Å². The summed E-state index contributed by atoms with van der Waals surface area (Å²) in [5, 5.41) is 1.86. The molecule has 0 aromatic heterocycles. The number of carbonyl (C=O) groups excluding carboxylic acids is 2. The van der Waals surface area contributed by atoms with Crippen LogP contribution in [0, 0.1) is 0 Å². The third kappa shape index (κ3) is 4.29. The number of rotatable bonds is 4. The third-order valence-corrected chi connectivity index (χ3v) is 14.0. The molecule has 0 bridgehead atoms. The molecule has 0 aromatic carbocycles. The molecule has 6 heteroatoms. The normalized spacial score (nSPS) is 19.4. The summed E-state index contributed by atoms with van der Waals surface area (Å²) in [4.78, 5) is 23.4. The molecule has 1 fully saturated rings. The van der Waals surface area contributed by atoms with Crippen molar-refractivity contribution in [3.8, 4) is 0 Å². The standard InChI is InChI=1S/C12H18O4Se2/c1-9(2)11(13)15-18(7-5-6-17-8-18)16-12(14)10(3)4/h1,3,5-8H2,2,4H3. The zero-order valence-electron chi connectivity index (χ0n) is 10.7. The molecular formula is C12H18O4Se2. The van der Waals surface area contributed by atoms with Gasteiger partial charge in [-0.25, -0.2) is 0 Å². The molecular weight excluding hydrogens is 366 g/mol. The molecule has 1 rings (SSSR count). The van der Waals surface area contributed by atoms with Crippen LogP contribution in [-0.4, -0.2) is 40.4 Å². The molecule has 0 spiro atoms. The molecule has 0 unspecified atom stereocenters. The molecule has 18 heavy (non-hydrogen) atoms. The number of hydrogen-bond acceptors (Lipinski definition) is 4. The molecule has 0 aromatic rings. The summed E-state index contributed by atoms with van der Waals surface area (Å²) in [5.74, 6) is -0.885. The van der Waals surface area contributed by atoms with Crippen molar-refractivity contribution >= 4 is 40.4 Å². The quantitative estimate of drug-likeness (QED) is 0.551. The maximum atomic E-state index is 11.7. The van der Waals surface area contributed by atoms with E-state index in [0.717, 1.165) is 16.0 Å². The molecule has 102 valence electrons. The summed E-state index contributed by atoms with van der Waals surface area (Å²) in [7, 11) is 0. The second-order valence-electron chi connectivity index (χ2n) is 4.13. The molecule has 4 nitrogen and oxygen atoms in total. The van der Waals surface area contributed by atoms with E-state index >= 15 is 0 Å². The predicted octanol–water partition coefficient (Wildman–Crippen LogP) is 2.15. The SMILES string of the molecule is C=C(C)C(=O)O[Se]1(OC(=O)C(=C)C)CCC[Se]C1. The van der Waals surface area contributed by atoms with Gasteiger partial charge in [0.05, 0.1) is 0 Å². The van der Waals surface area contributed by atoms with Gasteiger partial charge in [-0.3, -0.25) is 0 Å². The Morgan fingerprint density at radius 3 is 1.94 bits per heavy atom. The van der Waals surface area contributed by atoms with Crippen LogP contribution < -0.4 is 0 Å². The van der Waals surface area contributed by atoms with Gasteiger partial charge in [0.1, 0.15) is 0 Å². The first-order valence-corrected chi connectivity index (χ1v) is 11.8. The molecule has 0 aliphatic carbocycles. The van der Waals surface area contributed by atoms with Crippen LogP contribution in [0.4, 0.5) is 0 Å². The number of hydrogen-bond donors (Lipinski definition) is 0. The van der Waals surface area contributed by atoms with E-state index in [1.165, 1.54) is 0 Å². The zero-order valence-corrected chi connectivity index (χ0v) is 14.1. The maximum absolute atomic E-state index is 11.7. The molecule has 1 saturated heterocycles. The van der Waals surface area contributed by atoms with Crippen molar-refractivity contribution in [3.05, 3.63) is 24.3 Å². The van der Waals surface area contributed by atoms with Crippen LogP contribution in [-0.2, 0) is 17.2 Å². The van der Waals surface area contributed by atoms with Crippen molar-refractivity contribution in [3.63, 3.8) is 0 Å². The summed E-state index contributed by atoms with van der Waals surface area (Å²) in [6, 6.07) is 0. The Bertz CT molecular complexity index is 354.